The highest BCUT2D eigenvalue weighted by atomic mass is 19.1. The number of carbonyl (C=O) groups is 2. The zero-order valence-corrected chi connectivity index (χ0v) is 17.7. The van der Waals surface area contributed by atoms with Gasteiger partial charge >= 0.3 is 5.97 Å². The van der Waals surface area contributed by atoms with Crippen molar-refractivity contribution >= 4 is 17.7 Å². The van der Waals surface area contributed by atoms with Gasteiger partial charge in [-0.1, -0.05) is 23.4 Å². The minimum atomic E-state index is -1.65. The third-order valence-electron chi connectivity index (χ3n) is 4.99. The van der Waals surface area contributed by atoms with Crippen LogP contribution < -0.4 is 5.32 Å². The Morgan fingerprint density at radius 1 is 1.18 bits per heavy atom. The predicted octanol–water partition coefficient (Wildman–Crippen LogP) is 3.23. The van der Waals surface area contributed by atoms with E-state index in [1.807, 2.05) is 0 Å². The Bertz CT molecular complexity index is 1320. The molecule has 3 aromatic heterocycles. The van der Waals surface area contributed by atoms with Crippen LogP contribution in [0.1, 0.15) is 19.4 Å². The van der Waals surface area contributed by atoms with Crippen molar-refractivity contribution in [1.82, 2.24) is 24.9 Å². The number of nitrogens with zero attached hydrogens (tertiary/aromatic N) is 5. The number of amides is 1. The van der Waals surface area contributed by atoms with Crippen molar-refractivity contribution in [3.63, 3.8) is 0 Å². The molecule has 4 rings (SSSR count). The lowest BCUT2D eigenvalue weighted by atomic mass is 9.93. The maximum absolute atomic E-state index is 14.2. The van der Waals surface area contributed by atoms with Gasteiger partial charge in [0.25, 0.3) is 0 Å². The predicted molar refractivity (Wildman–Crippen MR) is 114 cm³/mol. The summed E-state index contributed by atoms with van der Waals surface area (Å²) in [6.07, 6.45) is 2.82. The number of carbonyl (C=O) groups excluding carboxylic acids is 1. The molecule has 0 aliphatic heterocycles. The molecule has 0 saturated heterocycles. The normalized spacial score (nSPS) is 11.4. The standard InChI is InChI=1S/C22H19FN6O4/c1-22(2,21(31)32)20(30)26-18-7-9-24-19(25-18)16-11-17(15-8-10-33-28-15)29(27-16)12-13-5-3-4-6-14(13)23/h3-11H,12H2,1-2H3,(H,31,32)(H,24,25,26,30). The van der Waals surface area contributed by atoms with Crippen molar-refractivity contribution in [1.29, 1.82) is 0 Å². The number of carboxylic acid groups (broad SMARTS) is 1. The zero-order valence-electron chi connectivity index (χ0n) is 17.7. The van der Waals surface area contributed by atoms with Crippen LogP contribution in [0.3, 0.4) is 0 Å². The van der Waals surface area contributed by atoms with E-state index in [1.54, 1.807) is 35.0 Å². The molecular weight excluding hydrogens is 431 g/mol. The SMILES string of the molecule is CC(C)(C(=O)O)C(=O)Nc1ccnc(-c2cc(-c3ccon3)n(Cc3ccccc3F)n2)n1. The molecule has 10 nitrogen and oxygen atoms in total. The van der Waals surface area contributed by atoms with Gasteiger partial charge < -0.3 is 14.9 Å². The Morgan fingerprint density at radius 3 is 2.67 bits per heavy atom. The molecule has 0 atom stereocenters. The molecule has 0 bridgehead atoms. The number of aliphatic carboxylic acids is 1. The molecule has 4 aromatic rings. The lowest BCUT2D eigenvalue weighted by molar-refractivity contribution is -0.151. The number of aromatic nitrogens is 5. The van der Waals surface area contributed by atoms with Gasteiger partial charge in [-0.25, -0.2) is 14.4 Å². The molecule has 3 heterocycles. The molecule has 33 heavy (non-hydrogen) atoms. The van der Waals surface area contributed by atoms with Gasteiger partial charge in [0.2, 0.25) is 5.91 Å². The van der Waals surface area contributed by atoms with Gasteiger partial charge in [0.15, 0.2) is 5.82 Å². The Balaban J connectivity index is 1.68. The maximum Gasteiger partial charge on any atom is 0.318 e. The van der Waals surface area contributed by atoms with E-state index in [-0.39, 0.29) is 24.0 Å². The van der Waals surface area contributed by atoms with Gasteiger partial charge in [-0.2, -0.15) is 5.10 Å². The average Bonchev–Trinajstić information content (AvgIpc) is 3.45. The molecule has 0 aliphatic carbocycles. The van der Waals surface area contributed by atoms with Crippen molar-refractivity contribution in [2.24, 2.45) is 5.41 Å². The van der Waals surface area contributed by atoms with E-state index in [9.17, 15) is 19.1 Å². The molecule has 1 aromatic carbocycles. The second-order valence-corrected chi connectivity index (χ2v) is 7.70. The average molecular weight is 450 g/mol. The number of benzene rings is 1. The van der Waals surface area contributed by atoms with Crippen molar-refractivity contribution in [2.75, 3.05) is 5.32 Å². The minimum absolute atomic E-state index is 0.117. The van der Waals surface area contributed by atoms with E-state index in [4.69, 9.17) is 4.52 Å². The van der Waals surface area contributed by atoms with Crippen molar-refractivity contribution in [2.45, 2.75) is 20.4 Å². The van der Waals surface area contributed by atoms with Gasteiger partial charge in [-0.15, -0.1) is 0 Å². The molecule has 11 heteroatoms. The lowest BCUT2D eigenvalue weighted by Crippen LogP contribution is -2.38. The van der Waals surface area contributed by atoms with E-state index in [0.29, 0.717) is 22.6 Å². The molecular formula is C22H19FN6O4. The Hall–Kier alpha value is -4.41. The second-order valence-electron chi connectivity index (χ2n) is 7.70. The first-order valence-corrected chi connectivity index (χ1v) is 9.86. The number of halogens is 1. The summed E-state index contributed by atoms with van der Waals surface area (Å²) in [5.41, 5.74) is 0.157. The summed E-state index contributed by atoms with van der Waals surface area (Å²) >= 11 is 0. The quantitative estimate of drug-likeness (QED) is 0.410. The van der Waals surface area contributed by atoms with Gasteiger partial charge in [0, 0.05) is 17.8 Å². The summed E-state index contributed by atoms with van der Waals surface area (Å²) in [5, 5.41) is 20.2. The summed E-state index contributed by atoms with van der Waals surface area (Å²) in [6.45, 7) is 2.71. The van der Waals surface area contributed by atoms with Crippen LogP contribution in [0.5, 0.6) is 0 Å². The third kappa shape index (κ3) is 4.47. The van der Waals surface area contributed by atoms with Crippen molar-refractivity contribution in [3.05, 3.63) is 66.3 Å². The Labute approximate surface area is 187 Å². The van der Waals surface area contributed by atoms with E-state index in [2.05, 4.69) is 25.5 Å². The topological polar surface area (TPSA) is 136 Å². The first-order valence-electron chi connectivity index (χ1n) is 9.86. The highest BCUT2D eigenvalue weighted by Gasteiger charge is 2.36. The first-order chi connectivity index (χ1) is 15.8. The number of nitrogens with one attached hydrogen (secondary N) is 1. The van der Waals surface area contributed by atoms with E-state index >= 15 is 0 Å². The third-order valence-corrected chi connectivity index (χ3v) is 4.99. The maximum atomic E-state index is 14.2. The van der Waals surface area contributed by atoms with Crippen LogP contribution in [0.15, 0.2) is 59.4 Å². The lowest BCUT2D eigenvalue weighted by Gasteiger charge is -2.17. The van der Waals surface area contributed by atoms with Gasteiger partial charge in [-0.05, 0) is 32.0 Å². The number of anilines is 1. The highest BCUT2D eigenvalue weighted by Crippen LogP contribution is 2.26. The summed E-state index contributed by atoms with van der Waals surface area (Å²) in [5.74, 6) is -2.07. The molecule has 0 saturated carbocycles. The molecule has 0 fully saturated rings. The first kappa shape index (κ1) is 21.8. The summed E-state index contributed by atoms with van der Waals surface area (Å²) < 4.78 is 20.7. The molecule has 0 radical (unpaired) electrons. The summed E-state index contributed by atoms with van der Waals surface area (Å²) in [6, 6.07) is 11.1. The molecule has 0 spiro atoms. The Morgan fingerprint density at radius 2 is 1.97 bits per heavy atom. The number of rotatable bonds is 7. The number of hydrogen-bond acceptors (Lipinski definition) is 7. The largest absolute Gasteiger partial charge is 0.480 e. The molecule has 2 N–H and O–H groups in total. The van der Waals surface area contributed by atoms with Crippen LogP contribution >= 0.6 is 0 Å². The fourth-order valence-electron chi connectivity index (χ4n) is 2.91. The monoisotopic (exact) mass is 450 g/mol. The van der Waals surface area contributed by atoms with Crippen molar-refractivity contribution in [3.8, 4) is 22.9 Å². The summed E-state index contributed by atoms with van der Waals surface area (Å²) in [7, 11) is 0. The second kappa shape index (κ2) is 8.61. The fraction of sp³-hybridized carbons (Fsp3) is 0.182. The summed E-state index contributed by atoms with van der Waals surface area (Å²) in [4.78, 5) is 32.2. The smallest absolute Gasteiger partial charge is 0.318 e. The molecule has 0 aliphatic rings. The van der Waals surface area contributed by atoms with E-state index in [0.717, 1.165) is 0 Å². The fourth-order valence-corrected chi connectivity index (χ4v) is 2.91. The van der Waals surface area contributed by atoms with Crippen LogP contribution in [-0.2, 0) is 16.1 Å². The molecule has 1 amide bonds. The van der Waals surface area contributed by atoms with Crippen LogP contribution in [-0.4, -0.2) is 41.9 Å². The molecule has 168 valence electrons. The van der Waals surface area contributed by atoms with Gasteiger partial charge in [0.05, 0.1) is 12.2 Å². The van der Waals surface area contributed by atoms with Crippen LogP contribution in [0.2, 0.25) is 0 Å². The van der Waals surface area contributed by atoms with E-state index < -0.39 is 17.3 Å². The van der Waals surface area contributed by atoms with Crippen molar-refractivity contribution < 1.29 is 23.6 Å². The zero-order chi connectivity index (χ0) is 23.6. The van der Waals surface area contributed by atoms with Crippen LogP contribution in [0.4, 0.5) is 10.2 Å². The van der Waals surface area contributed by atoms with E-state index in [1.165, 1.54) is 38.4 Å². The van der Waals surface area contributed by atoms with Crippen LogP contribution in [0.25, 0.3) is 22.9 Å². The number of hydrogen-bond donors (Lipinski definition) is 2. The molecule has 0 unspecified atom stereocenters. The van der Waals surface area contributed by atoms with Gasteiger partial charge in [-0.3, -0.25) is 14.3 Å². The Kier molecular flexibility index (Phi) is 5.69. The minimum Gasteiger partial charge on any atom is -0.480 e. The van der Waals surface area contributed by atoms with Crippen LogP contribution in [0, 0.1) is 11.2 Å². The highest BCUT2D eigenvalue weighted by molar-refractivity contribution is 6.07. The van der Waals surface area contributed by atoms with Gasteiger partial charge in [0.1, 0.15) is 34.7 Å². The number of carboxylic acids is 1.